The van der Waals surface area contributed by atoms with E-state index in [1.54, 1.807) is 0 Å². The Hall–Kier alpha value is -3.08. The van der Waals surface area contributed by atoms with Crippen molar-refractivity contribution in [2.24, 2.45) is 0 Å². The zero-order valence-electron chi connectivity index (χ0n) is 14.9. The average molecular weight is 349 g/mol. The van der Waals surface area contributed by atoms with Crippen molar-refractivity contribution in [1.82, 2.24) is 15.1 Å². The van der Waals surface area contributed by atoms with E-state index in [1.165, 1.54) is 0 Å². The van der Waals surface area contributed by atoms with Crippen LogP contribution in [0, 0.1) is 0 Å². The van der Waals surface area contributed by atoms with Gasteiger partial charge in [0.05, 0.1) is 11.9 Å². The van der Waals surface area contributed by atoms with Gasteiger partial charge in [-0.1, -0.05) is 43.3 Å². The van der Waals surface area contributed by atoms with Crippen molar-refractivity contribution >= 4 is 5.91 Å². The summed E-state index contributed by atoms with van der Waals surface area (Å²) in [6.45, 7) is 2.65. The lowest BCUT2D eigenvalue weighted by Crippen LogP contribution is -2.30. The van der Waals surface area contributed by atoms with Crippen molar-refractivity contribution in [1.29, 1.82) is 0 Å². The minimum Gasteiger partial charge on any atom is -0.483 e. The summed E-state index contributed by atoms with van der Waals surface area (Å²) in [6.07, 6.45) is 5.41. The monoisotopic (exact) mass is 349 g/mol. The van der Waals surface area contributed by atoms with Gasteiger partial charge in [0.2, 0.25) is 0 Å². The van der Waals surface area contributed by atoms with Gasteiger partial charge in [0.25, 0.3) is 5.91 Å². The quantitative estimate of drug-likeness (QED) is 0.680. The van der Waals surface area contributed by atoms with Crippen LogP contribution in [0.1, 0.15) is 18.1 Å². The molecular formula is C21H23N3O2. The van der Waals surface area contributed by atoms with Crippen molar-refractivity contribution in [2.45, 2.75) is 19.8 Å². The van der Waals surface area contributed by atoms with Crippen LogP contribution in [0.5, 0.6) is 5.75 Å². The third-order valence-corrected chi connectivity index (χ3v) is 4.10. The zero-order chi connectivity index (χ0) is 18.2. The highest BCUT2D eigenvalue weighted by atomic mass is 16.5. The van der Waals surface area contributed by atoms with E-state index in [0.717, 1.165) is 35.4 Å². The number of aryl methyl sites for hydroxylation is 1. The lowest BCUT2D eigenvalue weighted by molar-refractivity contribution is -0.123. The van der Waals surface area contributed by atoms with Gasteiger partial charge in [-0.15, -0.1) is 0 Å². The Morgan fingerprint density at radius 1 is 1.12 bits per heavy atom. The first kappa shape index (κ1) is 17.7. The molecule has 1 N–H and O–H groups in total. The van der Waals surface area contributed by atoms with Gasteiger partial charge < -0.3 is 10.1 Å². The summed E-state index contributed by atoms with van der Waals surface area (Å²) in [5.74, 6) is 0.653. The number of hydrogen-bond donors (Lipinski definition) is 1. The maximum atomic E-state index is 12.0. The molecule has 0 atom stereocenters. The van der Waals surface area contributed by atoms with Gasteiger partial charge in [0.1, 0.15) is 5.75 Å². The maximum Gasteiger partial charge on any atom is 0.257 e. The summed E-state index contributed by atoms with van der Waals surface area (Å²) in [4.78, 5) is 12.0. The Morgan fingerprint density at radius 3 is 2.69 bits per heavy atom. The predicted molar refractivity (Wildman–Crippen MR) is 102 cm³/mol. The molecule has 2 aromatic carbocycles. The number of rotatable bonds is 8. The van der Waals surface area contributed by atoms with Crippen LogP contribution < -0.4 is 10.1 Å². The van der Waals surface area contributed by atoms with Gasteiger partial charge in [-0.25, -0.2) is 4.68 Å². The van der Waals surface area contributed by atoms with Crippen LogP contribution >= 0.6 is 0 Å². The van der Waals surface area contributed by atoms with Crippen molar-refractivity contribution < 1.29 is 9.53 Å². The average Bonchev–Trinajstić information content (AvgIpc) is 3.16. The third-order valence-electron chi connectivity index (χ3n) is 4.10. The SMILES string of the molecule is CCc1ccccc1OCC(=O)NCCc1cnn(-c2ccccc2)c1. The number of nitrogens with zero attached hydrogens (tertiary/aromatic N) is 2. The van der Waals surface area contributed by atoms with Gasteiger partial charge in [-0.3, -0.25) is 4.79 Å². The van der Waals surface area contributed by atoms with Gasteiger partial charge in [0, 0.05) is 12.7 Å². The number of carbonyl (C=O) groups is 1. The molecule has 1 aromatic heterocycles. The van der Waals surface area contributed by atoms with E-state index in [-0.39, 0.29) is 12.5 Å². The fraction of sp³-hybridized carbons (Fsp3) is 0.238. The number of aromatic nitrogens is 2. The van der Waals surface area contributed by atoms with Gasteiger partial charge in [-0.2, -0.15) is 5.10 Å². The Labute approximate surface area is 153 Å². The first-order valence-corrected chi connectivity index (χ1v) is 8.82. The second kappa shape index (κ2) is 8.85. The summed E-state index contributed by atoms with van der Waals surface area (Å²) in [5, 5.41) is 7.25. The van der Waals surface area contributed by atoms with Gasteiger partial charge in [-0.05, 0) is 42.2 Å². The molecule has 0 radical (unpaired) electrons. The standard InChI is InChI=1S/C21H23N3O2/c1-2-18-8-6-7-11-20(18)26-16-21(25)22-13-12-17-14-23-24(15-17)19-9-4-3-5-10-19/h3-11,14-15H,2,12-13,16H2,1H3,(H,22,25). The highest BCUT2D eigenvalue weighted by molar-refractivity contribution is 5.77. The first-order chi connectivity index (χ1) is 12.8. The number of benzene rings is 2. The Morgan fingerprint density at radius 2 is 1.88 bits per heavy atom. The molecule has 3 rings (SSSR count). The molecule has 0 spiro atoms. The lowest BCUT2D eigenvalue weighted by Gasteiger charge is -2.10. The maximum absolute atomic E-state index is 12.0. The molecule has 0 bridgehead atoms. The largest absolute Gasteiger partial charge is 0.483 e. The molecule has 3 aromatic rings. The van der Waals surface area contributed by atoms with Crippen LogP contribution in [-0.2, 0) is 17.6 Å². The smallest absolute Gasteiger partial charge is 0.257 e. The summed E-state index contributed by atoms with van der Waals surface area (Å²) >= 11 is 0. The Kier molecular flexibility index (Phi) is 6.04. The topological polar surface area (TPSA) is 56.1 Å². The first-order valence-electron chi connectivity index (χ1n) is 8.82. The molecule has 1 heterocycles. The molecule has 26 heavy (non-hydrogen) atoms. The van der Waals surface area contributed by atoms with E-state index < -0.39 is 0 Å². The van der Waals surface area contributed by atoms with Crippen molar-refractivity contribution in [3.63, 3.8) is 0 Å². The fourth-order valence-corrected chi connectivity index (χ4v) is 2.69. The summed E-state index contributed by atoms with van der Waals surface area (Å²) in [5.41, 5.74) is 3.20. The number of amides is 1. The molecule has 5 nitrogen and oxygen atoms in total. The zero-order valence-corrected chi connectivity index (χ0v) is 14.9. The van der Waals surface area contributed by atoms with E-state index in [1.807, 2.05) is 71.7 Å². The van der Waals surface area contributed by atoms with Crippen LogP contribution in [0.3, 0.4) is 0 Å². The highest BCUT2D eigenvalue weighted by Crippen LogP contribution is 2.17. The van der Waals surface area contributed by atoms with Crippen LogP contribution in [0.2, 0.25) is 0 Å². The predicted octanol–water partition coefficient (Wildman–Crippen LogP) is 3.17. The molecule has 0 fully saturated rings. The van der Waals surface area contributed by atoms with Crippen molar-refractivity contribution in [3.8, 4) is 11.4 Å². The molecule has 1 amide bonds. The third kappa shape index (κ3) is 4.72. The molecule has 0 aliphatic carbocycles. The summed E-state index contributed by atoms with van der Waals surface area (Å²) in [6, 6.07) is 17.7. The minimum atomic E-state index is -0.119. The van der Waals surface area contributed by atoms with Crippen LogP contribution in [0.4, 0.5) is 0 Å². The van der Waals surface area contributed by atoms with E-state index >= 15 is 0 Å². The number of para-hydroxylation sites is 2. The van der Waals surface area contributed by atoms with Crippen LogP contribution in [-0.4, -0.2) is 28.8 Å². The molecule has 0 unspecified atom stereocenters. The Bertz CT molecular complexity index is 843. The van der Waals surface area contributed by atoms with E-state index in [9.17, 15) is 4.79 Å². The van der Waals surface area contributed by atoms with E-state index in [0.29, 0.717) is 6.54 Å². The second-order valence-corrected chi connectivity index (χ2v) is 5.98. The van der Waals surface area contributed by atoms with E-state index in [4.69, 9.17) is 4.74 Å². The second-order valence-electron chi connectivity index (χ2n) is 5.98. The van der Waals surface area contributed by atoms with Crippen LogP contribution in [0.15, 0.2) is 67.0 Å². The minimum absolute atomic E-state index is 0.0281. The molecule has 0 saturated heterocycles. The molecule has 5 heteroatoms. The number of nitrogens with one attached hydrogen (secondary N) is 1. The van der Waals surface area contributed by atoms with Crippen molar-refractivity contribution in [3.05, 3.63) is 78.1 Å². The van der Waals surface area contributed by atoms with E-state index in [2.05, 4.69) is 17.3 Å². The lowest BCUT2D eigenvalue weighted by atomic mass is 10.1. The highest BCUT2D eigenvalue weighted by Gasteiger charge is 2.06. The number of hydrogen-bond acceptors (Lipinski definition) is 3. The summed E-state index contributed by atoms with van der Waals surface area (Å²) < 4.78 is 7.46. The molecular weight excluding hydrogens is 326 g/mol. The Balaban J connectivity index is 1.43. The van der Waals surface area contributed by atoms with Gasteiger partial charge in [0.15, 0.2) is 6.61 Å². The summed E-state index contributed by atoms with van der Waals surface area (Å²) in [7, 11) is 0. The fourth-order valence-electron chi connectivity index (χ4n) is 2.69. The number of carbonyl (C=O) groups excluding carboxylic acids is 1. The molecule has 0 saturated carbocycles. The van der Waals surface area contributed by atoms with Gasteiger partial charge >= 0.3 is 0 Å². The molecule has 134 valence electrons. The molecule has 0 aliphatic rings. The normalized spacial score (nSPS) is 10.5. The van der Waals surface area contributed by atoms with Crippen molar-refractivity contribution in [2.75, 3.05) is 13.2 Å². The number of ether oxygens (including phenoxy) is 1. The van der Waals surface area contributed by atoms with Crippen LogP contribution in [0.25, 0.3) is 5.69 Å². The molecule has 0 aliphatic heterocycles.